The van der Waals surface area contributed by atoms with E-state index < -0.39 is 0 Å². The highest BCUT2D eigenvalue weighted by Gasteiger charge is 2.45. The van der Waals surface area contributed by atoms with Crippen molar-refractivity contribution in [2.75, 3.05) is 5.32 Å². The van der Waals surface area contributed by atoms with Crippen LogP contribution in [0.5, 0.6) is 0 Å². The number of allylic oxidation sites excluding steroid dienone is 2. The van der Waals surface area contributed by atoms with Gasteiger partial charge in [-0.25, -0.2) is 9.37 Å². The third kappa shape index (κ3) is 5.28. The lowest BCUT2D eigenvalue weighted by molar-refractivity contribution is -0.120. The van der Waals surface area contributed by atoms with E-state index in [0.29, 0.717) is 35.4 Å². The number of hydrogen-bond acceptors (Lipinski definition) is 3. The van der Waals surface area contributed by atoms with E-state index in [0.717, 1.165) is 42.5 Å². The Hall–Kier alpha value is -3.26. The molecule has 3 aliphatic carbocycles. The number of anilines is 1. The van der Waals surface area contributed by atoms with Gasteiger partial charge in [-0.1, -0.05) is 24.8 Å². The van der Waals surface area contributed by atoms with Crippen LogP contribution in [0.2, 0.25) is 0 Å². The number of hydrogen-bond donors (Lipinski definition) is 1. The first-order chi connectivity index (χ1) is 17.4. The van der Waals surface area contributed by atoms with E-state index in [1.54, 1.807) is 18.3 Å². The zero-order valence-corrected chi connectivity index (χ0v) is 21.1. The van der Waals surface area contributed by atoms with Crippen molar-refractivity contribution in [2.24, 2.45) is 40.5 Å². The Labute approximate surface area is 213 Å². The first-order valence-corrected chi connectivity index (χ1v) is 13.2. The standard InChI is InChI=1S/C31H34FN3O/c1-4-27(28-17-26(32)10-11-29(28)33-3)25-15-23-13-22(14-24(23)16-25)19(2)31(36)35-30-12-9-21(18-34-30)8-7-20-5-6-20/h4,9-12,17-20,22-25H,3,5-6,13-16H2,1-2H3,(H,34,35,36)/b27-4-/t19?,22-,23-,24+,25?. The minimum Gasteiger partial charge on any atom is -0.310 e. The summed E-state index contributed by atoms with van der Waals surface area (Å²) < 4.78 is 14.0. The van der Waals surface area contributed by atoms with E-state index in [1.807, 2.05) is 26.0 Å². The van der Waals surface area contributed by atoms with E-state index in [2.05, 4.69) is 39.9 Å². The summed E-state index contributed by atoms with van der Waals surface area (Å²) in [6, 6.07) is 8.49. The number of fused-ring (bicyclic) bond motifs is 1. The maximum Gasteiger partial charge on any atom is 0.228 e. The smallest absolute Gasteiger partial charge is 0.228 e. The second-order valence-corrected chi connectivity index (χ2v) is 10.7. The SMILES string of the molecule is C=Nc1ccc(F)cc1/C(=C\C)C1C[C@@H]2C[C@H](C(C)C(=O)Nc3ccc(C#CC4CC4)cn3)C[C@@H]2C1. The van der Waals surface area contributed by atoms with Crippen LogP contribution in [0.4, 0.5) is 15.9 Å². The maximum atomic E-state index is 14.0. The summed E-state index contributed by atoms with van der Waals surface area (Å²) in [5, 5.41) is 3.01. The monoisotopic (exact) mass is 483 g/mol. The molecule has 186 valence electrons. The van der Waals surface area contributed by atoms with Gasteiger partial charge in [0.15, 0.2) is 0 Å². The summed E-state index contributed by atoms with van der Waals surface area (Å²) in [7, 11) is 0. The highest BCUT2D eigenvalue weighted by atomic mass is 19.1. The number of nitrogens with one attached hydrogen (secondary N) is 1. The van der Waals surface area contributed by atoms with E-state index >= 15 is 0 Å². The molecule has 3 saturated carbocycles. The van der Waals surface area contributed by atoms with Crippen LogP contribution in [0.25, 0.3) is 5.57 Å². The molecule has 0 radical (unpaired) electrons. The molecule has 3 aliphatic rings. The number of carbonyl (C=O) groups excluding carboxylic acids is 1. The van der Waals surface area contributed by atoms with Crippen LogP contribution < -0.4 is 5.32 Å². The molecule has 5 atom stereocenters. The zero-order valence-electron chi connectivity index (χ0n) is 21.1. The Morgan fingerprint density at radius 2 is 1.94 bits per heavy atom. The summed E-state index contributed by atoms with van der Waals surface area (Å²) in [5.41, 5.74) is 3.66. The molecule has 36 heavy (non-hydrogen) atoms. The van der Waals surface area contributed by atoms with E-state index in [-0.39, 0.29) is 17.6 Å². The largest absolute Gasteiger partial charge is 0.310 e. The van der Waals surface area contributed by atoms with Gasteiger partial charge in [0.1, 0.15) is 11.6 Å². The van der Waals surface area contributed by atoms with E-state index in [9.17, 15) is 9.18 Å². The molecular weight excluding hydrogens is 449 g/mol. The van der Waals surface area contributed by atoms with Crippen LogP contribution in [0.15, 0.2) is 47.6 Å². The van der Waals surface area contributed by atoms with Crippen molar-refractivity contribution in [3.8, 4) is 11.8 Å². The highest BCUT2D eigenvalue weighted by Crippen LogP contribution is 2.54. The molecular formula is C31H34FN3O. The third-order valence-corrected chi connectivity index (χ3v) is 8.38. The van der Waals surface area contributed by atoms with Crippen LogP contribution in [-0.2, 0) is 4.79 Å². The second kappa shape index (κ2) is 10.4. The molecule has 1 amide bonds. The Bertz CT molecular complexity index is 1220. The molecule has 2 unspecified atom stereocenters. The average Bonchev–Trinajstić information content (AvgIpc) is 3.51. The van der Waals surface area contributed by atoms with Gasteiger partial charge in [0, 0.05) is 29.2 Å². The minimum absolute atomic E-state index is 0.0384. The number of pyridine rings is 1. The molecule has 0 bridgehead atoms. The van der Waals surface area contributed by atoms with Gasteiger partial charge in [0.25, 0.3) is 0 Å². The Morgan fingerprint density at radius 1 is 1.19 bits per heavy atom. The summed E-state index contributed by atoms with van der Waals surface area (Å²) in [4.78, 5) is 21.5. The fourth-order valence-electron chi connectivity index (χ4n) is 6.22. The Balaban J connectivity index is 1.17. The number of aromatic nitrogens is 1. The Morgan fingerprint density at radius 3 is 2.56 bits per heavy atom. The number of halogens is 1. The third-order valence-electron chi connectivity index (χ3n) is 8.38. The van der Waals surface area contributed by atoms with Crippen molar-refractivity contribution in [2.45, 2.75) is 52.4 Å². The van der Waals surface area contributed by atoms with E-state index in [4.69, 9.17) is 0 Å². The number of benzene rings is 1. The average molecular weight is 484 g/mol. The molecule has 5 heteroatoms. The quantitative estimate of drug-likeness (QED) is 0.354. The van der Waals surface area contributed by atoms with Gasteiger partial charge in [-0.15, -0.1) is 0 Å². The first-order valence-electron chi connectivity index (χ1n) is 13.2. The van der Waals surface area contributed by atoms with Crippen LogP contribution in [0, 0.1) is 53.2 Å². The fraction of sp³-hybridized carbons (Fsp3) is 0.452. The molecule has 1 aromatic carbocycles. The van der Waals surface area contributed by atoms with Crippen LogP contribution in [0.1, 0.15) is 63.5 Å². The summed E-state index contributed by atoms with van der Waals surface area (Å²) in [6.07, 6.45) is 10.5. The normalized spacial score (nSPS) is 26.0. The fourth-order valence-corrected chi connectivity index (χ4v) is 6.22. The van der Waals surface area contributed by atoms with Crippen LogP contribution in [0.3, 0.4) is 0 Å². The van der Waals surface area contributed by atoms with Crippen molar-refractivity contribution < 1.29 is 9.18 Å². The van der Waals surface area contributed by atoms with Crippen molar-refractivity contribution >= 4 is 29.7 Å². The second-order valence-electron chi connectivity index (χ2n) is 10.7. The highest BCUT2D eigenvalue weighted by molar-refractivity contribution is 5.91. The molecule has 0 aliphatic heterocycles. The van der Waals surface area contributed by atoms with Crippen molar-refractivity contribution in [1.82, 2.24) is 4.98 Å². The minimum atomic E-state index is -0.245. The predicted octanol–water partition coefficient (Wildman–Crippen LogP) is 7.04. The molecule has 1 aromatic heterocycles. The zero-order chi connectivity index (χ0) is 25.2. The maximum absolute atomic E-state index is 14.0. The molecule has 0 spiro atoms. The van der Waals surface area contributed by atoms with Crippen molar-refractivity contribution in [3.63, 3.8) is 0 Å². The summed E-state index contributed by atoms with van der Waals surface area (Å²) >= 11 is 0. The van der Waals surface area contributed by atoms with Gasteiger partial charge in [0.05, 0.1) is 5.69 Å². The number of rotatable bonds is 6. The van der Waals surface area contributed by atoms with Gasteiger partial charge in [-0.3, -0.25) is 9.79 Å². The molecule has 5 rings (SSSR count). The topological polar surface area (TPSA) is 54.4 Å². The molecule has 3 fully saturated rings. The number of nitrogens with zero attached hydrogens (tertiary/aromatic N) is 2. The van der Waals surface area contributed by atoms with Crippen LogP contribution >= 0.6 is 0 Å². The molecule has 0 saturated heterocycles. The lowest BCUT2D eigenvalue weighted by atomic mass is 9.84. The van der Waals surface area contributed by atoms with Gasteiger partial charge in [0.2, 0.25) is 5.91 Å². The van der Waals surface area contributed by atoms with Gasteiger partial charge in [-0.05, 0) is 112 Å². The molecule has 4 nitrogen and oxygen atoms in total. The molecule has 1 N–H and O–H groups in total. The molecule has 1 heterocycles. The van der Waals surface area contributed by atoms with Gasteiger partial charge in [-0.2, -0.15) is 0 Å². The number of amides is 1. The number of aliphatic imine (C=N–C) groups is 1. The van der Waals surface area contributed by atoms with Gasteiger partial charge < -0.3 is 5.32 Å². The van der Waals surface area contributed by atoms with Crippen LogP contribution in [-0.4, -0.2) is 17.6 Å². The van der Waals surface area contributed by atoms with Crippen molar-refractivity contribution in [3.05, 3.63) is 59.5 Å². The van der Waals surface area contributed by atoms with E-state index in [1.165, 1.54) is 24.5 Å². The first kappa shape index (κ1) is 24.4. The summed E-state index contributed by atoms with van der Waals surface area (Å²) in [5.74, 6) is 9.22. The predicted molar refractivity (Wildman–Crippen MR) is 143 cm³/mol. The lowest BCUT2D eigenvalue weighted by Crippen LogP contribution is -2.26. The molecule has 2 aromatic rings. The van der Waals surface area contributed by atoms with Crippen molar-refractivity contribution in [1.29, 1.82) is 0 Å². The Kier molecular flexibility index (Phi) is 7.05. The summed E-state index contributed by atoms with van der Waals surface area (Å²) in [6.45, 7) is 7.74. The number of carbonyl (C=O) groups is 1. The van der Waals surface area contributed by atoms with Gasteiger partial charge >= 0.3 is 0 Å². The lowest BCUT2D eigenvalue weighted by Gasteiger charge is -2.22.